The van der Waals surface area contributed by atoms with E-state index in [0.717, 1.165) is 152 Å². The minimum absolute atomic E-state index is 0.0230. The summed E-state index contributed by atoms with van der Waals surface area (Å²) in [5.74, 6) is 0.378. The van der Waals surface area contributed by atoms with Gasteiger partial charge in [-0.3, -0.25) is 43.7 Å². The van der Waals surface area contributed by atoms with Crippen LogP contribution in [0.15, 0.2) is 194 Å². The molecule has 0 unspecified atom stereocenters. The quantitative estimate of drug-likeness (QED) is 0.0349. The largest absolute Gasteiger partial charge is 0.508 e. The first-order chi connectivity index (χ1) is 62.5. The molecule has 0 radical (unpaired) electrons. The van der Waals surface area contributed by atoms with Gasteiger partial charge in [-0.15, -0.1) is 0 Å². The molecule has 0 bridgehead atoms. The second kappa shape index (κ2) is 40.8. The molecule has 9 aromatic carbocycles. The number of ether oxygens (including phenoxy) is 1. The van der Waals surface area contributed by atoms with Crippen LogP contribution < -0.4 is 21.3 Å². The molecule has 23 nitrogen and oxygen atoms in total. The first-order valence-corrected chi connectivity index (χ1v) is 43.3. The molecular formula is C99H103F9N10O13. The monoisotopic (exact) mass is 1810 g/mol. The average Bonchev–Trinajstić information content (AvgIpc) is 1.64. The van der Waals surface area contributed by atoms with Crippen LogP contribution in [0.25, 0.3) is 43.9 Å². The van der Waals surface area contributed by atoms with E-state index in [1.165, 1.54) is 48.0 Å². The number of hydrogen-bond acceptors (Lipinski definition) is 19. The number of aryl methyl sites for hydroxylation is 5. The lowest BCUT2D eigenvalue weighted by Crippen LogP contribution is -2.45. The number of carbonyl (C=O) groups is 4. The third kappa shape index (κ3) is 22.8. The highest BCUT2D eigenvalue weighted by atomic mass is 19.4. The van der Waals surface area contributed by atoms with Crippen LogP contribution in [-0.4, -0.2) is 172 Å². The third-order valence-corrected chi connectivity index (χ3v) is 24.0. The molecule has 4 aliphatic rings. The maximum atomic E-state index is 13.3. The van der Waals surface area contributed by atoms with Crippen LogP contribution in [-0.2, 0) is 56.0 Å². The number of phenolic OH excluding ortho intramolecular Hbond substituents is 4. The van der Waals surface area contributed by atoms with E-state index in [1.54, 1.807) is 70.2 Å². The Kier molecular flexibility index (Phi) is 29.4. The number of aromatic hydroxyl groups is 4. The Morgan fingerprint density at radius 3 is 0.985 bits per heavy atom. The van der Waals surface area contributed by atoms with Gasteiger partial charge < -0.3 is 69.0 Å². The standard InChI is InChI=1S/C29H28F3N3O3.C24H26F3N3O3.C24H25F3N2O3.C22H24N2O4/c1-19-26(28(37)33-22-9-5-8-21(16-22)29(30,31)32)27-23(24(36)10-11-25(27)38-19)18-35-14-12-34(13-15-35)17-20-6-3-2-4-7-20;1-3-29-9-11-30(12-10-29)14-18-19(31)7-8-20-22(18)21(15(2)33-20)23(32)28-17-6-4-5-16(13-17)24(25,26)27;1-14-5-4-10-29(12-14)13-18-19(30)8-9-20-22(18)21(15(2)32-20)23(31)28-17-7-3-6-16(11-17)24(25,26)27;1-14-4-3-5-16(12-14)23-22(26)20-15(2)28-19-7-6-18(25)17(21(19)20)13-24-8-10-27-11-9-24/h2-11,16,36H,12-15,17-18H2,1H3,(H,33,37);4-8,13,31H,3,9-12,14H2,1-2H3,(H,28,32);3,6-9,11,14,30H,4-5,10,12-13H2,1-2H3,(H,28,31);3-7,12,25H,8-11,13H2,1-2H3,(H,23,26)/t;;14-;/m..1./s1. The van der Waals surface area contributed by atoms with Crippen molar-refractivity contribution in [1.82, 2.24) is 29.4 Å². The number of halogens is 9. The summed E-state index contributed by atoms with van der Waals surface area (Å²) in [6, 6.07) is 44.1. The van der Waals surface area contributed by atoms with Crippen molar-refractivity contribution in [3.05, 3.63) is 271 Å². The molecule has 0 spiro atoms. The van der Waals surface area contributed by atoms with Gasteiger partial charge in [0.15, 0.2) is 0 Å². The third-order valence-electron chi connectivity index (χ3n) is 24.0. The number of furan rings is 4. The number of carbonyl (C=O) groups excluding carboxylic acids is 4. The number of piperidine rings is 1. The molecule has 8 heterocycles. The Labute approximate surface area is 749 Å². The first-order valence-electron chi connectivity index (χ1n) is 43.3. The molecule has 13 aromatic rings. The van der Waals surface area contributed by atoms with Crippen LogP contribution in [0.5, 0.6) is 23.0 Å². The lowest BCUT2D eigenvalue weighted by atomic mass is 9.98. The van der Waals surface area contributed by atoms with Crippen molar-refractivity contribution in [2.24, 2.45) is 5.92 Å². The Bertz CT molecular complexity index is 6280. The van der Waals surface area contributed by atoms with Crippen LogP contribution in [0.2, 0.25) is 0 Å². The lowest BCUT2D eigenvalue weighted by Gasteiger charge is -2.35. The summed E-state index contributed by atoms with van der Waals surface area (Å²) in [7, 11) is 0. The van der Waals surface area contributed by atoms with Gasteiger partial charge in [-0.2, -0.15) is 39.5 Å². The number of alkyl halides is 9. The molecule has 8 N–H and O–H groups in total. The van der Waals surface area contributed by atoms with Crippen molar-refractivity contribution in [3.63, 3.8) is 0 Å². The van der Waals surface area contributed by atoms with Gasteiger partial charge in [0.05, 0.1) is 52.2 Å². The Balaban J connectivity index is 0.000000141. The molecule has 131 heavy (non-hydrogen) atoms. The van der Waals surface area contributed by atoms with Gasteiger partial charge in [-0.25, -0.2) is 0 Å². The molecule has 32 heteroatoms. The smallest absolute Gasteiger partial charge is 0.416 e. The molecule has 0 aliphatic carbocycles. The summed E-state index contributed by atoms with van der Waals surface area (Å²) in [5, 5.41) is 55.3. The zero-order valence-corrected chi connectivity index (χ0v) is 73.4. The van der Waals surface area contributed by atoms with Crippen molar-refractivity contribution < 1.29 is 102 Å². The fraction of sp³-hybridized carbons (Fsp3) is 0.333. The summed E-state index contributed by atoms with van der Waals surface area (Å²) in [4.78, 5) is 66.2. The summed E-state index contributed by atoms with van der Waals surface area (Å²) in [5.41, 5.74) is 6.06. The number of benzene rings is 9. The molecular weight excluding hydrogens is 1710 g/mol. The second-order valence-electron chi connectivity index (χ2n) is 33.4. The minimum Gasteiger partial charge on any atom is -0.508 e. The summed E-state index contributed by atoms with van der Waals surface area (Å²) in [6.45, 7) is 28.1. The molecule has 4 fully saturated rings. The van der Waals surface area contributed by atoms with E-state index in [9.17, 15) is 79.1 Å². The SMILES string of the molecule is CCN1CCN(Cc2c(O)ccc3oc(C)c(C(=O)Nc4cccc(C(F)(F)F)c4)c23)CC1.Cc1cccc(NC(=O)c2c(C)oc3ccc(O)c(CN4CCOCC4)c23)c1.Cc1oc2ccc(O)c(CN3CCC[C@@H](C)C3)c2c1C(=O)Nc1cccc(C(F)(F)F)c1.Cc1oc2ccc(O)c(CN3CCN(Cc4ccccc4)CC3)c2c1C(=O)Nc1cccc(C(F)(F)F)c1. The highest BCUT2D eigenvalue weighted by Gasteiger charge is 2.36. The predicted molar refractivity (Wildman–Crippen MR) is 482 cm³/mol. The van der Waals surface area contributed by atoms with E-state index in [1.807, 2.05) is 49.4 Å². The molecule has 690 valence electrons. The van der Waals surface area contributed by atoms with Gasteiger partial charge in [0.2, 0.25) is 0 Å². The molecule has 17 rings (SSSR count). The maximum Gasteiger partial charge on any atom is 0.416 e. The van der Waals surface area contributed by atoms with E-state index in [0.29, 0.717) is 140 Å². The topological polar surface area (TPSA) is 279 Å². The van der Waals surface area contributed by atoms with Crippen molar-refractivity contribution in [2.45, 2.75) is 113 Å². The normalized spacial score (nSPS) is 15.9. The van der Waals surface area contributed by atoms with E-state index in [4.69, 9.17) is 22.4 Å². The number of nitrogens with one attached hydrogen (secondary N) is 4. The number of piperazine rings is 2. The first kappa shape index (κ1) is 94.4. The molecule has 4 aliphatic heterocycles. The van der Waals surface area contributed by atoms with Gasteiger partial charge in [0, 0.05) is 171 Å². The van der Waals surface area contributed by atoms with Crippen LogP contribution in [0.4, 0.5) is 62.3 Å². The van der Waals surface area contributed by atoms with Crippen molar-refractivity contribution in [1.29, 1.82) is 0 Å². The van der Waals surface area contributed by atoms with Crippen LogP contribution >= 0.6 is 0 Å². The molecule has 4 saturated heterocycles. The molecule has 4 aromatic heterocycles. The van der Waals surface area contributed by atoms with Gasteiger partial charge in [-0.05, 0) is 193 Å². The van der Waals surface area contributed by atoms with Crippen molar-refractivity contribution in [2.75, 3.05) is 120 Å². The summed E-state index contributed by atoms with van der Waals surface area (Å²) in [6.07, 6.45) is -11.3. The zero-order valence-electron chi connectivity index (χ0n) is 73.4. The van der Waals surface area contributed by atoms with Crippen LogP contribution in [0.1, 0.15) is 141 Å². The fourth-order valence-corrected chi connectivity index (χ4v) is 17.3. The molecule has 4 amide bonds. The van der Waals surface area contributed by atoms with E-state index >= 15 is 0 Å². The Morgan fingerprint density at radius 1 is 0.359 bits per heavy atom. The van der Waals surface area contributed by atoms with Crippen LogP contribution in [0, 0.1) is 40.5 Å². The van der Waals surface area contributed by atoms with Crippen molar-refractivity contribution >= 4 is 90.3 Å². The Hall–Kier alpha value is -12.7. The van der Waals surface area contributed by atoms with Crippen LogP contribution in [0.3, 0.4) is 0 Å². The number of hydrogen-bond donors (Lipinski definition) is 8. The number of amides is 4. The highest BCUT2D eigenvalue weighted by molar-refractivity contribution is 6.17. The maximum absolute atomic E-state index is 13.3. The van der Waals surface area contributed by atoms with E-state index in [2.05, 4.69) is 76.6 Å². The number of nitrogens with zero attached hydrogens (tertiary/aromatic N) is 6. The molecule has 1 atom stereocenters. The van der Waals surface area contributed by atoms with E-state index < -0.39 is 52.9 Å². The number of likely N-dealkylation sites (tertiary alicyclic amines) is 1. The predicted octanol–water partition coefficient (Wildman–Crippen LogP) is 20.7. The van der Waals surface area contributed by atoms with Gasteiger partial charge in [-0.1, -0.05) is 74.5 Å². The number of morpholine rings is 1. The summed E-state index contributed by atoms with van der Waals surface area (Å²) < 4.78 is 146. The number of anilines is 4. The van der Waals surface area contributed by atoms with Crippen molar-refractivity contribution in [3.8, 4) is 23.0 Å². The number of phenols is 4. The van der Waals surface area contributed by atoms with E-state index in [-0.39, 0.29) is 62.7 Å². The van der Waals surface area contributed by atoms with Gasteiger partial charge >= 0.3 is 18.5 Å². The van der Waals surface area contributed by atoms with Gasteiger partial charge in [0.1, 0.15) is 68.4 Å². The highest BCUT2D eigenvalue weighted by Crippen LogP contribution is 2.43. The average molecular weight is 1810 g/mol. The molecule has 0 saturated carbocycles. The summed E-state index contributed by atoms with van der Waals surface area (Å²) >= 11 is 0. The lowest BCUT2D eigenvalue weighted by molar-refractivity contribution is -0.138. The minimum atomic E-state index is -4.52. The number of likely N-dealkylation sites (N-methyl/N-ethyl adjacent to an activating group) is 1. The number of rotatable bonds is 19. The number of fused-ring (bicyclic) bond motifs is 4. The Morgan fingerprint density at radius 2 is 0.664 bits per heavy atom. The fourth-order valence-electron chi connectivity index (χ4n) is 17.3. The van der Waals surface area contributed by atoms with Gasteiger partial charge in [0.25, 0.3) is 23.6 Å². The zero-order chi connectivity index (χ0) is 93.3. The second-order valence-corrected chi connectivity index (χ2v) is 33.4.